The number of nitrogens with one attached hydrogen (secondary N) is 2. The van der Waals surface area contributed by atoms with Crippen LogP contribution in [0.4, 0.5) is 16.0 Å². The van der Waals surface area contributed by atoms with Crippen molar-refractivity contribution < 1.29 is 9.59 Å². The van der Waals surface area contributed by atoms with Crippen molar-refractivity contribution in [3.8, 4) is 0 Å². The SMILES string of the molecule is NC(=O)Cc1csc(NC(=O)Cc2csc(Nc3ccccc3)n2)n1. The topological polar surface area (TPSA) is 110 Å². The summed E-state index contributed by atoms with van der Waals surface area (Å²) < 4.78 is 0. The molecule has 128 valence electrons. The molecule has 7 nitrogen and oxygen atoms in total. The zero-order chi connectivity index (χ0) is 17.6. The summed E-state index contributed by atoms with van der Waals surface area (Å²) in [5.41, 5.74) is 7.29. The normalized spacial score (nSPS) is 10.4. The number of aromatic nitrogens is 2. The predicted octanol–water partition coefficient (Wildman–Crippen LogP) is 2.55. The van der Waals surface area contributed by atoms with E-state index in [0.717, 1.165) is 10.8 Å². The number of anilines is 3. The molecule has 0 bridgehead atoms. The third-order valence-corrected chi connectivity index (χ3v) is 4.69. The Morgan fingerprint density at radius 2 is 1.60 bits per heavy atom. The highest BCUT2D eigenvalue weighted by Gasteiger charge is 2.11. The summed E-state index contributed by atoms with van der Waals surface area (Å²) in [5, 5.41) is 10.6. The van der Waals surface area contributed by atoms with Gasteiger partial charge in [0.15, 0.2) is 10.3 Å². The van der Waals surface area contributed by atoms with E-state index in [1.165, 1.54) is 22.7 Å². The summed E-state index contributed by atoms with van der Waals surface area (Å²) in [6, 6.07) is 9.70. The zero-order valence-electron chi connectivity index (χ0n) is 13.1. The molecule has 0 aliphatic heterocycles. The number of rotatable bonds is 7. The van der Waals surface area contributed by atoms with Gasteiger partial charge in [-0.1, -0.05) is 18.2 Å². The first-order valence-corrected chi connectivity index (χ1v) is 9.13. The lowest BCUT2D eigenvalue weighted by Gasteiger charge is -2.01. The van der Waals surface area contributed by atoms with Crippen LogP contribution < -0.4 is 16.4 Å². The van der Waals surface area contributed by atoms with Crippen molar-refractivity contribution in [2.24, 2.45) is 5.73 Å². The van der Waals surface area contributed by atoms with E-state index in [4.69, 9.17) is 5.73 Å². The van der Waals surface area contributed by atoms with Crippen LogP contribution in [0, 0.1) is 0 Å². The first-order valence-electron chi connectivity index (χ1n) is 7.37. The first kappa shape index (κ1) is 17.1. The van der Waals surface area contributed by atoms with E-state index >= 15 is 0 Å². The van der Waals surface area contributed by atoms with Crippen LogP contribution in [-0.4, -0.2) is 21.8 Å². The fourth-order valence-corrected chi connectivity index (χ4v) is 3.50. The highest BCUT2D eigenvalue weighted by molar-refractivity contribution is 7.14. The maximum Gasteiger partial charge on any atom is 0.232 e. The molecule has 0 spiro atoms. The summed E-state index contributed by atoms with van der Waals surface area (Å²) in [4.78, 5) is 31.5. The summed E-state index contributed by atoms with van der Waals surface area (Å²) in [5.74, 6) is -0.666. The van der Waals surface area contributed by atoms with Crippen LogP contribution >= 0.6 is 22.7 Å². The Kier molecular flexibility index (Phi) is 5.36. The van der Waals surface area contributed by atoms with Crippen molar-refractivity contribution in [1.29, 1.82) is 0 Å². The number of para-hydroxylation sites is 1. The molecule has 3 aromatic rings. The highest BCUT2D eigenvalue weighted by atomic mass is 32.1. The van der Waals surface area contributed by atoms with Gasteiger partial charge in [-0.25, -0.2) is 9.97 Å². The van der Waals surface area contributed by atoms with Gasteiger partial charge in [0.05, 0.1) is 24.2 Å². The summed E-state index contributed by atoms with van der Waals surface area (Å²) in [7, 11) is 0. The van der Waals surface area contributed by atoms with E-state index in [1.54, 1.807) is 5.38 Å². The lowest BCUT2D eigenvalue weighted by atomic mass is 10.3. The molecule has 0 aliphatic carbocycles. The van der Waals surface area contributed by atoms with Gasteiger partial charge in [0.1, 0.15) is 0 Å². The van der Waals surface area contributed by atoms with Gasteiger partial charge in [-0.2, -0.15) is 0 Å². The standard InChI is InChI=1S/C16H15N5O2S2/c17-13(22)6-11-8-25-16(19-11)21-14(23)7-12-9-24-15(20-12)18-10-4-2-1-3-5-10/h1-5,8-9H,6-7H2,(H2,17,22)(H,18,20)(H,19,21,23). The molecule has 0 unspecified atom stereocenters. The fraction of sp³-hybridized carbons (Fsp3) is 0.125. The molecule has 0 saturated carbocycles. The van der Waals surface area contributed by atoms with Gasteiger partial charge in [-0.15, -0.1) is 22.7 Å². The van der Waals surface area contributed by atoms with E-state index in [0.29, 0.717) is 16.5 Å². The molecule has 25 heavy (non-hydrogen) atoms. The Balaban J connectivity index is 1.54. The minimum Gasteiger partial charge on any atom is -0.369 e. The van der Waals surface area contributed by atoms with Gasteiger partial charge in [-0.05, 0) is 12.1 Å². The van der Waals surface area contributed by atoms with Gasteiger partial charge in [-0.3, -0.25) is 9.59 Å². The lowest BCUT2D eigenvalue weighted by Crippen LogP contribution is -2.15. The molecule has 1 aromatic carbocycles. The van der Waals surface area contributed by atoms with E-state index < -0.39 is 5.91 Å². The molecule has 3 rings (SSSR count). The number of thiazole rings is 2. The van der Waals surface area contributed by atoms with Crippen LogP contribution in [0.15, 0.2) is 41.1 Å². The predicted molar refractivity (Wildman–Crippen MR) is 99.2 cm³/mol. The Morgan fingerprint density at radius 1 is 0.960 bits per heavy atom. The zero-order valence-corrected chi connectivity index (χ0v) is 14.7. The van der Waals surface area contributed by atoms with Crippen LogP contribution in [-0.2, 0) is 22.4 Å². The Morgan fingerprint density at radius 3 is 2.32 bits per heavy atom. The van der Waals surface area contributed by atoms with Gasteiger partial charge in [0.25, 0.3) is 0 Å². The minimum absolute atomic E-state index is 0.0625. The Labute approximate surface area is 151 Å². The van der Waals surface area contributed by atoms with Crippen LogP contribution in [0.3, 0.4) is 0 Å². The van der Waals surface area contributed by atoms with Crippen LogP contribution in [0.5, 0.6) is 0 Å². The smallest absolute Gasteiger partial charge is 0.232 e. The van der Waals surface area contributed by atoms with Crippen molar-refractivity contribution in [3.63, 3.8) is 0 Å². The number of primary amides is 1. The van der Waals surface area contributed by atoms with Gasteiger partial charge in [0, 0.05) is 16.4 Å². The summed E-state index contributed by atoms with van der Waals surface area (Å²) >= 11 is 2.69. The van der Waals surface area contributed by atoms with E-state index in [1.807, 2.05) is 35.7 Å². The maximum absolute atomic E-state index is 12.1. The molecule has 2 amide bonds. The largest absolute Gasteiger partial charge is 0.369 e. The second kappa shape index (κ2) is 7.86. The van der Waals surface area contributed by atoms with E-state index in [9.17, 15) is 9.59 Å². The Bertz CT molecular complexity index is 876. The summed E-state index contributed by atoms with van der Waals surface area (Å²) in [6.07, 6.45) is 0.213. The average Bonchev–Trinajstić information content (AvgIpc) is 3.17. The van der Waals surface area contributed by atoms with Crippen molar-refractivity contribution >= 4 is 50.4 Å². The molecule has 9 heteroatoms. The molecule has 0 radical (unpaired) electrons. The lowest BCUT2D eigenvalue weighted by molar-refractivity contribution is -0.117. The van der Waals surface area contributed by atoms with E-state index in [-0.39, 0.29) is 18.7 Å². The number of carbonyl (C=O) groups is 2. The number of amides is 2. The second-order valence-corrected chi connectivity index (χ2v) is 6.86. The van der Waals surface area contributed by atoms with Crippen LogP contribution in [0.25, 0.3) is 0 Å². The van der Waals surface area contributed by atoms with Gasteiger partial charge < -0.3 is 16.4 Å². The first-order chi connectivity index (χ1) is 12.1. The number of hydrogen-bond donors (Lipinski definition) is 3. The number of carbonyl (C=O) groups excluding carboxylic acids is 2. The third kappa shape index (κ3) is 5.10. The molecule has 4 N–H and O–H groups in total. The Hall–Kier alpha value is -2.78. The minimum atomic E-state index is -0.455. The summed E-state index contributed by atoms with van der Waals surface area (Å²) in [6.45, 7) is 0. The molecule has 0 atom stereocenters. The quantitative estimate of drug-likeness (QED) is 0.589. The van der Waals surface area contributed by atoms with Gasteiger partial charge >= 0.3 is 0 Å². The third-order valence-electron chi connectivity index (χ3n) is 3.07. The van der Waals surface area contributed by atoms with Crippen molar-refractivity contribution in [1.82, 2.24) is 9.97 Å². The van der Waals surface area contributed by atoms with Gasteiger partial charge in [0.2, 0.25) is 11.8 Å². The van der Waals surface area contributed by atoms with Crippen LogP contribution in [0.1, 0.15) is 11.4 Å². The molecule has 0 fully saturated rings. The monoisotopic (exact) mass is 373 g/mol. The van der Waals surface area contributed by atoms with Crippen molar-refractivity contribution in [2.75, 3.05) is 10.6 Å². The van der Waals surface area contributed by atoms with E-state index in [2.05, 4.69) is 20.6 Å². The molecule has 0 saturated heterocycles. The molecule has 0 aliphatic rings. The van der Waals surface area contributed by atoms with Crippen molar-refractivity contribution in [2.45, 2.75) is 12.8 Å². The number of nitrogens with zero attached hydrogens (tertiary/aromatic N) is 2. The number of hydrogen-bond acceptors (Lipinski definition) is 7. The number of nitrogens with two attached hydrogens (primary N) is 1. The molecular formula is C16H15N5O2S2. The second-order valence-electron chi connectivity index (χ2n) is 5.15. The molecule has 2 heterocycles. The maximum atomic E-state index is 12.1. The van der Waals surface area contributed by atoms with Crippen LogP contribution in [0.2, 0.25) is 0 Å². The molecule has 2 aromatic heterocycles. The number of benzene rings is 1. The van der Waals surface area contributed by atoms with Crippen molar-refractivity contribution in [3.05, 3.63) is 52.5 Å². The highest BCUT2D eigenvalue weighted by Crippen LogP contribution is 2.21. The molecular weight excluding hydrogens is 358 g/mol. The fourth-order valence-electron chi connectivity index (χ4n) is 2.04. The average molecular weight is 373 g/mol.